The molecule has 3 nitrogen and oxygen atoms in total. The molecule has 1 atom stereocenters. The van der Waals surface area contributed by atoms with Gasteiger partial charge in [0.05, 0.1) is 5.54 Å². The molecule has 0 aromatic heterocycles. The van der Waals surface area contributed by atoms with Crippen molar-refractivity contribution in [2.24, 2.45) is 5.41 Å². The fourth-order valence-electron chi connectivity index (χ4n) is 1.62. The van der Waals surface area contributed by atoms with Gasteiger partial charge in [-0.25, -0.2) is 0 Å². The molecule has 1 aliphatic rings. The first-order valence-electron chi connectivity index (χ1n) is 5.37. The summed E-state index contributed by atoms with van der Waals surface area (Å²) in [6.45, 7) is 10.2. The zero-order valence-electron chi connectivity index (χ0n) is 9.74. The number of hydrogen-bond donors (Lipinski definition) is 2. The molecule has 1 fully saturated rings. The standard InChI is InChI=1S/C11H22N2O/c1-10(2,3)5-6-11(4)9(14)12-7-8-13-11/h13H,5-8H2,1-4H3,(H,12,14). The molecule has 3 heteroatoms. The first kappa shape index (κ1) is 11.5. The summed E-state index contributed by atoms with van der Waals surface area (Å²) in [7, 11) is 0. The molecule has 0 aliphatic carbocycles. The Labute approximate surface area is 86.6 Å². The Balaban J connectivity index is 2.52. The van der Waals surface area contributed by atoms with Gasteiger partial charge in [-0.05, 0) is 25.2 Å². The lowest BCUT2D eigenvalue weighted by Gasteiger charge is -2.35. The molecule has 0 saturated carbocycles. The van der Waals surface area contributed by atoms with Gasteiger partial charge >= 0.3 is 0 Å². The summed E-state index contributed by atoms with van der Waals surface area (Å²) in [6.07, 6.45) is 1.96. The lowest BCUT2D eigenvalue weighted by molar-refractivity contribution is -0.129. The molecule has 2 N–H and O–H groups in total. The Morgan fingerprint density at radius 3 is 2.50 bits per heavy atom. The molecule has 1 saturated heterocycles. The van der Waals surface area contributed by atoms with Crippen molar-refractivity contribution in [1.82, 2.24) is 10.6 Å². The summed E-state index contributed by atoms with van der Waals surface area (Å²) in [5.41, 5.74) is -0.0616. The number of rotatable bonds is 2. The number of carbonyl (C=O) groups excluding carboxylic acids is 1. The van der Waals surface area contributed by atoms with Crippen LogP contribution in [0.4, 0.5) is 0 Å². The van der Waals surface area contributed by atoms with Gasteiger partial charge in [-0.1, -0.05) is 20.8 Å². The highest BCUT2D eigenvalue weighted by atomic mass is 16.2. The quantitative estimate of drug-likeness (QED) is 0.702. The monoisotopic (exact) mass is 198 g/mol. The van der Waals surface area contributed by atoms with Gasteiger partial charge in [-0.2, -0.15) is 0 Å². The maximum atomic E-state index is 11.7. The molecule has 0 spiro atoms. The Morgan fingerprint density at radius 2 is 2.00 bits per heavy atom. The minimum atomic E-state index is -0.356. The SMILES string of the molecule is CC(C)(C)CCC1(C)NCCNC1=O. The van der Waals surface area contributed by atoms with E-state index in [-0.39, 0.29) is 11.4 Å². The van der Waals surface area contributed by atoms with E-state index in [1.165, 1.54) is 0 Å². The van der Waals surface area contributed by atoms with Crippen molar-refractivity contribution in [3.05, 3.63) is 0 Å². The molecule has 0 bridgehead atoms. The zero-order valence-corrected chi connectivity index (χ0v) is 9.74. The summed E-state index contributed by atoms with van der Waals surface area (Å²) in [4.78, 5) is 11.7. The van der Waals surface area contributed by atoms with Crippen LogP contribution in [0.25, 0.3) is 0 Å². The van der Waals surface area contributed by atoms with Crippen molar-refractivity contribution in [3.8, 4) is 0 Å². The van der Waals surface area contributed by atoms with Gasteiger partial charge < -0.3 is 10.6 Å². The topological polar surface area (TPSA) is 41.1 Å². The van der Waals surface area contributed by atoms with E-state index in [0.29, 0.717) is 5.41 Å². The summed E-state index contributed by atoms with van der Waals surface area (Å²) < 4.78 is 0. The van der Waals surface area contributed by atoms with Gasteiger partial charge in [0.1, 0.15) is 0 Å². The molecule has 1 rings (SSSR count). The number of hydrogen-bond acceptors (Lipinski definition) is 2. The van der Waals surface area contributed by atoms with Crippen molar-refractivity contribution in [2.45, 2.75) is 46.1 Å². The third kappa shape index (κ3) is 2.98. The van der Waals surface area contributed by atoms with Crippen molar-refractivity contribution in [3.63, 3.8) is 0 Å². The predicted molar refractivity (Wildman–Crippen MR) is 58.1 cm³/mol. The Bertz CT molecular complexity index is 220. The van der Waals surface area contributed by atoms with Gasteiger partial charge in [0, 0.05) is 13.1 Å². The van der Waals surface area contributed by atoms with Gasteiger partial charge in [-0.3, -0.25) is 4.79 Å². The second kappa shape index (κ2) is 3.89. The second-order valence-electron chi connectivity index (χ2n) is 5.58. The number of nitrogens with one attached hydrogen (secondary N) is 2. The molecule has 0 aromatic rings. The highest BCUT2D eigenvalue weighted by Gasteiger charge is 2.35. The highest BCUT2D eigenvalue weighted by molar-refractivity contribution is 5.86. The van der Waals surface area contributed by atoms with Crippen molar-refractivity contribution in [2.75, 3.05) is 13.1 Å². The van der Waals surface area contributed by atoms with Gasteiger partial charge in [0.2, 0.25) is 5.91 Å². The van der Waals surface area contributed by atoms with E-state index < -0.39 is 0 Å². The molecule has 1 aliphatic heterocycles. The summed E-state index contributed by atoms with van der Waals surface area (Å²) in [6, 6.07) is 0. The molecule has 1 amide bonds. The van der Waals surface area contributed by atoms with E-state index in [1.54, 1.807) is 0 Å². The predicted octanol–water partition coefficient (Wildman–Crippen LogP) is 1.29. The molecule has 82 valence electrons. The van der Waals surface area contributed by atoms with Crippen molar-refractivity contribution in [1.29, 1.82) is 0 Å². The first-order valence-corrected chi connectivity index (χ1v) is 5.37. The molecule has 14 heavy (non-hydrogen) atoms. The van der Waals surface area contributed by atoms with Gasteiger partial charge in [-0.15, -0.1) is 0 Å². The van der Waals surface area contributed by atoms with Gasteiger partial charge in [0.25, 0.3) is 0 Å². The second-order valence-corrected chi connectivity index (χ2v) is 5.58. The largest absolute Gasteiger partial charge is 0.353 e. The fraction of sp³-hybridized carbons (Fsp3) is 0.909. The average Bonchev–Trinajstić information content (AvgIpc) is 2.06. The summed E-state index contributed by atoms with van der Waals surface area (Å²) in [5, 5.41) is 6.21. The van der Waals surface area contributed by atoms with E-state index in [9.17, 15) is 4.79 Å². The molecule has 1 unspecified atom stereocenters. The van der Waals surface area contributed by atoms with Crippen molar-refractivity contribution < 1.29 is 4.79 Å². The summed E-state index contributed by atoms with van der Waals surface area (Å²) >= 11 is 0. The van der Waals surface area contributed by atoms with Crippen LogP contribution < -0.4 is 10.6 Å². The molecule has 0 radical (unpaired) electrons. The van der Waals surface area contributed by atoms with Gasteiger partial charge in [0.15, 0.2) is 0 Å². The third-order valence-corrected chi connectivity index (χ3v) is 2.80. The van der Waals surface area contributed by atoms with Crippen LogP contribution in [0.3, 0.4) is 0 Å². The number of carbonyl (C=O) groups is 1. The van der Waals surface area contributed by atoms with Crippen LogP contribution in [0.1, 0.15) is 40.5 Å². The van der Waals surface area contributed by atoms with Crippen LogP contribution in [0, 0.1) is 5.41 Å². The highest BCUT2D eigenvalue weighted by Crippen LogP contribution is 2.26. The van der Waals surface area contributed by atoms with Crippen LogP contribution in [0.2, 0.25) is 0 Å². The van der Waals surface area contributed by atoms with E-state index >= 15 is 0 Å². The van der Waals surface area contributed by atoms with Crippen LogP contribution in [0.5, 0.6) is 0 Å². The molecule has 0 aromatic carbocycles. The molecular weight excluding hydrogens is 176 g/mol. The zero-order chi connectivity index (χ0) is 10.8. The Hall–Kier alpha value is -0.570. The smallest absolute Gasteiger partial charge is 0.240 e. The minimum Gasteiger partial charge on any atom is -0.353 e. The van der Waals surface area contributed by atoms with Crippen LogP contribution in [-0.2, 0) is 4.79 Å². The normalized spacial score (nSPS) is 28.7. The maximum Gasteiger partial charge on any atom is 0.240 e. The molecule has 1 heterocycles. The maximum absolute atomic E-state index is 11.7. The molecular formula is C11H22N2O. The lowest BCUT2D eigenvalue weighted by atomic mass is 9.83. The lowest BCUT2D eigenvalue weighted by Crippen LogP contribution is -2.61. The average molecular weight is 198 g/mol. The number of amides is 1. The van der Waals surface area contributed by atoms with E-state index in [4.69, 9.17) is 0 Å². The third-order valence-electron chi connectivity index (χ3n) is 2.80. The van der Waals surface area contributed by atoms with Crippen LogP contribution >= 0.6 is 0 Å². The fourth-order valence-corrected chi connectivity index (χ4v) is 1.62. The Morgan fingerprint density at radius 1 is 1.36 bits per heavy atom. The minimum absolute atomic E-state index is 0.146. The van der Waals surface area contributed by atoms with Crippen molar-refractivity contribution >= 4 is 5.91 Å². The van der Waals surface area contributed by atoms with Crippen LogP contribution in [0.15, 0.2) is 0 Å². The first-order chi connectivity index (χ1) is 6.33. The number of piperazine rings is 1. The van der Waals surface area contributed by atoms with Crippen LogP contribution in [-0.4, -0.2) is 24.5 Å². The summed E-state index contributed by atoms with van der Waals surface area (Å²) in [5.74, 6) is 0.146. The van der Waals surface area contributed by atoms with E-state index in [1.807, 2.05) is 6.92 Å². The van der Waals surface area contributed by atoms with E-state index in [2.05, 4.69) is 31.4 Å². The van der Waals surface area contributed by atoms with E-state index in [0.717, 1.165) is 25.9 Å². The Kier molecular flexibility index (Phi) is 3.20.